The molecule has 118 valence electrons. The van der Waals surface area contributed by atoms with Crippen LogP contribution >= 0.6 is 0 Å². The number of aryl methyl sites for hydroxylation is 1. The fraction of sp³-hybridized carbons (Fsp3) is 0.250. The van der Waals surface area contributed by atoms with Gasteiger partial charge in [-0.25, -0.2) is 4.68 Å². The van der Waals surface area contributed by atoms with Gasteiger partial charge in [0.1, 0.15) is 5.76 Å². The minimum Gasteiger partial charge on any atom is -0.467 e. The molecule has 7 nitrogen and oxygen atoms in total. The number of aromatic nitrogens is 4. The van der Waals surface area contributed by atoms with Crippen molar-refractivity contribution in [3.8, 4) is 0 Å². The normalized spacial score (nSPS) is 10.7. The Kier molecular flexibility index (Phi) is 4.46. The topological polar surface area (TPSA) is 85.8 Å². The number of nitrogens with zero attached hydrogens (tertiary/aromatic N) is 4. The Balaban J connectivity index is 1.68. The number of amides is 1. The summed E-state index contributed by atoms with van der Waals surface area (Å²) in [6.07, 6.45) is 2.34. The van der Waals surface area contributed by atoms with Crippen LogP contribution in [0.3, 0.4) is 0 Å². The molecule has 7 heteroatoms. The molecule has 0 saturated heterocycles. The molecule has 0 aliphatic carbocycles. The van der Waals surface area contributed by atoms with Crippen LogP contribution in [0.1, 0.15) is 34.4 Å². The van der Waals surface area contributed by atoms with E-state index in [1.54, 1.807) is 23.1 Å². The second-order valence-corrected chi connectivity index (χ2v) is 5.07. The highest BCUT2D eigenvalue weighted by molar-refractivity contribution is 5.94. The molecule has 0 fully saturated rings. The summed E-state index contributed by atoms with van der Waals surface area (Å²) in [5.74, 6) is 1.39. The van der Waals surface area contributed by atoms with Crippen molar-refractivity contribution in [2.75, 3.05) is 0 Å². The van der Waals surface area contributed by atoms with Crippen LogP contribution in [0.2, 0.25) is 0 Å². The second kappa shape index (κ2) is 6.87. The zero-order valence-corrected chi connectivity index (χ0v) is 12.8. The third-order valence-electron chi connectivity index (χ3n) is 3.45. The van der Waals surface area contributed by atoms with E-state index in [4.69, 9.17) is 4.42 Å². The van der Waals surface area contributed by atoms with Gasteiger partial charge in [0.25, 0.3) is 5.91 Å². The lowest BCUT2D eigenvalue weighted by molar-refractivity contribution is 0.0948. The zero-order chi connectivity index (χ0) is 16.1. The first-order valence-electron chi connectivity index (χ1n) is 7.41. The van der Waals surface area contributed by atoms with Gasteiger partial charge in [-0.3, -0.25) is 4.79 Å². The average Bonchev–Trinajstić information content (AvgIpc) is 3.24. The van der Waals surface area contributed by atoms with E-state index in [-0.39, 0.29) is 5.91 Å². The van der Waals surface area contributed by atoms with Crippen LogP contribution in [-0.2, 0) is 19.5 Å². The summed E-state index contributed by atoms with van der Waals surface area (Å²) in [5, 5.41) is 14.4. The van der Waals surface area contributed by atoms with Gasteiger partial charge in [0, 0.05) is 12.0 Å². The Bertz CT molecular complexity index is 779. The Morgan fingerprint density at radius 3 is 3.00 bits per heavy atom. The molecule has 0 spiro atoms. The van der Waals surface area contributed by atoms with Gasteiger partial charge in [-0.05, 0) is 40.3 Å². The Morgan fingerprint density at radius 2 is 2.22 bits per heavy atom. The quantitative estimate of drug-likeness (QED) is 0.750. The molecule has 2 aromatic heterocycles. The summed E-state index contributed by atoms with van der Waals surface area (Å²) in [6, 6.07) is 11.0. The number of rotatable bonds is 6. The van der Waals surface area contributed by atoms with Crippen molar-refractivity contribution >= 4 is 5.91 Å². The van der Waals surface area contributed by atoms with Gasteiger partial charge < -0.3 is 9.73 Å². The number of carbonyl (C=O) groups is 1. The maximum Gasteiger partial charge on any atom is 0.251 e. The second-order valence-electron chi connectivity index (χ2n) is 5.07. The highest BCUT2D eigenvalue weighted by Gasteiger charge is 2.09. The Labute approximate surface area is 133 Å². The standard InChI is InChI=1S/C16H17N5O2/c1-2-15-18-19-20-21(15)11-12-5-3-6-13(9-12)16(22)17-10-14-7-4-8-23-14/h3-9H,2,10-11H2,1H3,(H,17,22). The molecule has 1 N–H and O–H groups in total. The summed E-state index contributed by atoms with van der Waals surface area (Å²) in [5.41, 5.74) is 1.57. The number of nitrogens with one attached hydrogen (secondary N) is 1. The fourth-order valence-electron chi connectivity index (χ4n) is 2.27. The van der Waals surface area contributed by atoms with Crippen LogP contribution in [0.4, 0.5) is 0 Å². The average molecular weight is 311 g/mol. The molecular formula is C16H17N5O2. The van der Waals surface area contributed by atoms with Crippen LogP contribution in [0, 0.1) is 0 Å². The summed E-state index contributed by atoms with van der Waals surface area (Å²) >= 11 is 0. The third-order valence-corrected chi connectivity index (χ3v) is 3.45. The Morgan fingerprint density at radius 1 is 1.30 bits per heavy atom. The lowest BCUT2D eigenvalue weighted by Crippen LogP contribution is -2.22. The molecule has 0 atom stereocenters. The molecule has 0 aliphatic rings. The minimum atomic E-state index is -0.143. The highest BCUT2D eigenvalue weighted by Crippen LogP contribution is 2.09. The molecule has 0 bridgehead atoms. The molecule has 3 aromatic rings. The van der Waals surface area contributed by atoms with E-state index < -0.39 is 0 Å². The van der Waals surface area contributed by atoms with Crippen LogP contribution in [-0.4, -0.2) is 26.1 Å². The van der Waals surface area contributed by atoms with E-state index in [1.807, 2.05) is 31.2 Å². The maximum atomic E-state index is 12.2. The van der Waals surface area contributed by atoms with Crippen molar-refractivity contribution in [2.45, 2.75) is 26.4 Å². The summed E-state index contributed by atoms with van der Waals surface area (Å²) in [6.45, 7) is 2.90. The first-order chi connectivity index (χ1) is 11.3. The number of hydrogen-bond donors (Lipinski definition) is 1. The molecular weight excluding hydrogens is 294 g/mol. The van der Waals surface area contributed by atoms with E-state index in [0.29, 0.717) is 18.7 Å². The predicted octanol–water partition coefficient (Wildman–Crippen LogP) is 1.81. The van der Waals surface area contributed by atoms with Gasteiger partial charge in [-0.15, -0.1) is 5.10 Å². The van der Waals surface area contributed by atoms with Crippen molar-refractivity contribution in [3.05, 3.63) is 65.4 Å². The lowest BCUT2D eigenvalue weighted by Gasteiger charge is -2.07. The lowest BCUT2D eigenvalue weighted by atomic mass is 10.1. The zero-order valence-electron chi connectivity index (χ0n) is 12.8. The third kappa shape index (κ3) is 3.63. The molecule has 0 saturated carbocycles. The molecule has 0 aliphatic heterocycles. The van der Waals surface area contributed by atoms with Gasteiger partial charge in [0.2, 0.25) is 0 Å². The fourth-order valence-corrected chi connectivity index (χ4v) is 2.27. The van der Waals surface area contributed by atoms with Gasteiger partial charge in [-0.2, -0.15) is 0 Å². The largest absolute Gasteiger partial charge is 0.467 e. The first-order valence-corrected chi connectivity index (χ1v) is 7.41. The Hall–Kier alpha value is -2.96. The number of benzene rings is 1. The van der Waals surface area contributed by atoms with Gasteiger partial charge in [0.05, 0.1) is 19.4 Å². The molecule has 1 amide bonds. The van der Waals surface area contributed by atoms with E-state index in [9.17, 15) is 4.79 Å². The molecule has 2 heterocycles. The van der Waals surface area contributed by atoms with E-state index in [0.717, 1.165) is 23.6 Å². The monoisotopic (exact) mass is 311 g/mol. The molecule has 3 rings (SSSR count). The molecule has 0 unspecified atom stereocenters. The van der Waals surface area contributed by atoms with Crippen molar-refractivity contribution in [1.29, 1.82) is 0 Å². The maximum absolute atomic E-state index is 12.2. The number of carbonyl (C=O) groups excluding carboxylic acids is 1. The first kappa shape index (κ1) is 15.0. The number of furan rings is 1. The van der Waals surface area contributed by atoms with Gasteiger partial charge in [-0.1, -0.05) is 19.1 Å². The van der Waals surface area contributed by atoms with Crippen LogP contribution < -0.4 is 5.32 Å². The SMILES string of the molecule is CCc1nnnn1Cc1cccc(C(=O)NCc2ccco2)c1. The van der Waals surface area contributed by atoms with Crippen LogP contribution in [0.15, 0.2) is 47.1 Å². The van der Waals surface area contributed by atoms with E-state index >= 15 is 0 Å². The van der Waals surface area contributed by atoms with Gasteiger partial charge >= 0.3 is 0 Å². The van der Waals surface area contributed by atoms with E-state index in [1.165, 1.54) is 0 Å². The summed E-state index contributed by atoms with van der Waals surface area (Å²) < 4.78 is 6.93. The molecule has 1 aromatic carbocycles. The molecule has 0 radical (unpaired) electrons. The summed E-state index contributed by atoms with van der Waals surface area (Å²) in [4.78, 5) is 12.2. The number of tetrazole rings is 1. The van der Waals surface area contributed by atoms with Crippen molar-refractivity contribution in [3.63, 3.8) is 0 Å². The highest BCUT2D eigenvalue weighted by atomic mass is 16.3. The van der Waals surface area contributed by atoms with Crippen molar-refractivity contribution < 1.29 is 9.21 Å². The van der Waals surface area contributed by atoms with Crippen LogP contribution in [0.25, 0.3) is 0 Å². The van der Waals surface area contributed by atoms with E-state index in [2.05, 4.69) is 20.8 Å². The van der Waals surface area contributed by atoms with Crippen LogP contribution in [0.5, 0.6) is 0 Å². The predicted molar refractivity (Wildman–Crippen MR) is 82.6 cm³/mol. The number of hydrogen-bond acceptors (Lipinski definition) is 5. The summed E-state index contributed by atoms with van der Waals surface area (Å²) in [7, 11) is 0. The van der Waals surface area contributed by atoms with Gasteiger partial charge in [0.15, 0.2) is 5.82 Å². The smallest absolute Gasteiger partial charge is 0.251 e. The molecule has 23 heavy (non-hydrogen) atoms. The van der Waals surface area contributed by atoms with Crippen molar-refractivity contribution in [1.82, 2.24) is 25.5 Å². The minimum absolute atomic E-state index is 0.143. The van der Waals surface area contributed by atoms with Crippen molar-refractivity contribution in [2.24, 2.45) is 0 Å².